The number of thiazole rings is 1. The molecule has 0 spiro atoms. The number of carbonyl (C=O) groups is 2. The van der Waals surface area contributed by atoms with Gasteiger partial charge in [-0.15, -0.1) is 6.58 Å². The lowest BCUT2D eigenvalue weighted by Gasteiger charge is -2.08. The number of aryl methyl sites for hydroxylation is 1. The summed E-state index contributed by atoms with van der Waals surface area (Å²) in [5.41, 5.74) is 2.81. The Hall–Kier alpha value is -4.02. The molecule has 1 heterocycles. The zero-order valence-electron chi connectivity index (χ0n) is 20.3. The minimum Gasteiger partial charge on any atom is -0.462 e. The summed E-state index contributed by atoms with van der Waals surface area (Å²) in [4.78, 5) is 30.0. The second kappa shape index (κ2) is 10.9. The van der Waals surface area contributed by atoms with Gasteiger partial charge in [-0.2, -0.15) is 4.99 Å². The number of carbonyl (C=O) groups excluding carboxylic acids is 2. The molecule has 0 unspecified atom stereocenters. The van der Waals surface area contributed by atoms with E-state index < -0.39 is 21.9 Å². The Morgan fingerprint density at radius 1 is 1.05 bits per heavy atom. The van der Waals surface area contributed by atoms with Crippen molar-refractivity contribution in [3.05, 3.63) is 101 Å². The van der Waals surface area contributed by atoms with Gasteiger partial charge in [0.05, 0.1) is 27.3 Å². The van der Waals surface area contributed by atoms with E-state index in [-0.39, 0.29) is 11.5 Å². The van der Waals surface area contributed by atoms with Crippen LogP contribution in [0.3, 0.4) is 0 Å². The van der Waals surface area contributed by atoms with Gasteiger partial charge >= 0.3 is 5.97 Å². The number of hydrogen-bond acceptors (Lipinski definition) is 6. The highest BCUT2D eigenvalue weighted by atomic mass is 32.2. The van der Waals surface area contributed by atoms with Crippen molar-refractivity contribution in [3.63, 3.8) is 0 Å². The first kappa shape index (κ1) is 26.1. The summed E-state index contributed by atoms with van der Waals surface area (Å²) in [5, 5.41) is 0. The number of nitrogens with one attached hydrogen (secondary N) is 1. The summed E-state index contributed by atoms with van der Waals surface area (Å²) in [7, 11) is -3.75. The van der Waals surface area contributed by atoms with E-state index in [1.807, 2.05) is 11.5 Å². The quantitative estimate of drug-likeness (QED) is 0.255. The van der Waals surface area contributed by atoms with Crippen molar-refractivity contribution < 1.29 is 22.7 Å². The second-order valence-corrected chi connectivity index (χ2v) is 10.8. The molecule has 190 valence electrons. The predicted molar refractivity (Wildman–Crippen MR) is 144 cm³/mol. The Labute approximate surface area is 218 Å². The summed E-state index contributed by atoms with van der Waals surface area (Å²) < 4.78 is 35.5. The third-order valence-electron chi connectivity index (χ3n) is 5.42. The molecule has 0 atom stereocenters. The van der Waals surface area contributed by atoms with E-state index in [2.05, 4.69) is 16.3 Å². The summed E-state index contributed by atoms with van der Waals surface area (Å²) >= 11 is 1.27. The van der Waals surface area contributed by atoms with Gasteiger partial charge in [0, 0.05) is 17.8 Å². The molecule has 0 bridgehead atoms. The van der Waals surface area contributed by atoms with E-state index in [4.69, 9.17) is 4.74 Å². The SMILES string of the molecule is C=CCn1c(=NC(=O)c2ccc(NS(=O)(=O)c3ccc(C)cc3)cc2)sc2cc(C(=O)OCC)ccc21. The van der Waals surface area contributed by atoms with Crippen LogP contribution in [0.5, 0.6) is 0 Å². The molecule has 0 saturated carbocycles. The van der Waals surface area contributed by atoms with Gasteiger partial charge in [-0.05, 0) is 68.4 Å². The largest absolute Gasteiger partial charge is 0.462 e. The van der Waals surface area contributed by atoms with E-state index in [9.17, 15) is 18.0 Å². The predicted octanol–water partition coefficient (Wildman–Crippen LogP) is 4.92. The van der Waals surface area contributed by atoms with Gasteiger partial charge in [-0.25, -0.2) is 13.2 Å². The minimum atomic E-state index is -3.75. The molecule has 0 saturated heterocycles. The van der Waals surface area contributed by atoms with Crippen molar-refractivity contribution in [1.82, 2.24) is 4.57 Å². The van der Waals surface area contributed by atoms with Crippen molar-refractivity contribution in [1.29, 1.82) is 0 Å². The van der Waals surface area contributed by atoms with Gasteiger partial charge in [0.15, 0.2) is 4.80 Å². The first-order chi connectivity index (χ1) is 17.7. The van der Waals surface area contributed by atoms with Crippen LogP contribution in [0.2, 0.25) is 0 Å². The summed E-state index contributed by atoms with van der Waals surface area (Å²) in [5.74, 6) is -0.899. The highest BCUT2D eigenvalue weighted by Gasteiger charge is 2.15. The van der Waals surface area contributed by atoms with E-state index in [1.165, 1.54) is 47.7 Å². The van der Waals surface area contributed by atoms with Gasteiger partial charge in [0.25, 0.3) is 15.9 Å². The number of benzene rings is 3. The van der Waals surface area contributed by atoms with Crippen LogP contribution in [0.4, 0.5) is 5.69 Å². The molecule has 37 heavy (non-hydrogen) atoms. The van der Waals surface area contributed by atoms with Crippen molar-refractivity contribution in [2.45, 2.75) is 25.3 Å². The summed E-state index contributed by atoms with van der Waals surface area (Å²) in [6.07, 6.45) is 1.70. The first-order valence-electron chi connectivity index (χ1n) is 11.4. The number of esters is 1. The second-order valence-electron chi connectivity index (χ2n) is 8.10. The van der Waals surface area contributed by atoms with Crippen molar-refractivity contribution >= 4 is 49.1 Å². The molecular formula is C27H25N3O5S2. The third kappa shape index (κ3) is 5.87. The molecular weight excluding hydrogens is 510 g/mol. The Balaban J connectivity index is 1.61. The van der Waals surface area contributed by atoms with E-state index in [0.29, 0.717) is 28.2 Å². The number of nitrogens with zero attached hydrogens (tertiary/aromatic N) is 2. The number of sulfonamides is 1. The normalized spacial score (nSPS) is 11.9. The fraction of sp³-hybridized carbons (Fsp3) is 0.148. The molecule has 3 aromatic carbocycles. The van der Waals surface area contributed by atoms with Crippen LogP contribution in [-0.2, 0) is 21.3 Å². The molecule has 4 aromatic rings. The average Bonchev–Trinajstić information content (AvgIpc) is 3.21. The van der Waals surface area contributed by atoms with Crippen molar-refractivity contribution in [2.24, 2.45) is 4.99 Å². The molecule has 1 amide bonds. The summed E-state index contributed by atoms with van der Waals surface area (Å²) in [6.45, 7) is 8.10. The zero-order valence-corrected chi connectivity index (χ0v) is 21.9. The van der Waals surface area contributed by atoms with Crippen LogP contribution in [-0.4, -0.2) is 31.5 Å². The van der Waals surface area contributed by atoms with E-state index >= 15 is 0 Å². The zero-order chi connectivity index (χ0) is 26.6. The molecule has 0 aliphatic rings. The van der Waals surface area contributed by atoms with Gasteiger partial charge < -0.3 is 9.30 Å². The standard InChI is InChI=1S/C27H25N3O5S2/c1-4-16-30-23-15-10-20(26(32)35-5-2)17-24(23)36-27(30)28-25(31)19-8-11-21(12-9-19)29-37(33,34)22-13-6-18(3)7-14-22/h4,6-15,17,29H,1,5,16H2,2-3H3. The van der Waals surface area contributed by atoms with Crippen LogP contribution in [0.25, 0.3) is 10.2 Å². The first-order valence-corrected chi connectivity index (χ1v) is 13.7. The molecule has 4 rings (SSSR count). The topological polar surface area (TPSA) is 107 Å². The number of allylic oxidation sites excluding steroid dienone is 1. The fourth-order valence-corrected chi connectivity index (χ4v) is 5.70. The third-order valence-corrected chi connectivity index (χ3v) is 7.86. The maximum Gasteiger partial charge on any atom is 0.338 e. The molecule has 8 nitrogen and oxygen atoms in total. The number of ether oxygens (including phenoxy) is 1. The highest BCUT2D eigenvalue weighted by molar-refractivity contribution is 7.92. The van der Waals surface area contributed by atoms with Gasteiger partial charge in [0.2, 0.25) is 0 Å². The van der Waals surface area contributed by atoms with Crippen LogP contribution >= 0.6 is 11.3 Å². The Morgan fingerprint density at radius 3 is 2.38 bits per heavy atom. The van der Waals surface area contributed by atoms with Crippen LogP contribution in [0.1, 0.15) is 33.2 Å². The number of hydrogen-bond donors (Lipinski definition) is 1. The number of rotatable bonds is 8. The number of fused-ring (bicyclic) bond motifs is 1. The number of anilines is 1. The Bertz CT molecular complexity index is 1650. The lowest BCUT2D eigenvalue weighted by Crippen LogP contribution is -2.16. The average molecular weight is 536 g/mol. The Morgan fingerprint density at radius 2 is 1.73 bits per heavy atom. The highest BCUT2D eigenvalue weighted by Crippen LogP contribution is 2.21. The molecule has 0 radical (unpaired) electrons. The lowest BCUT2D eigenvalue weighted by molar-refractivity contribution is 0.0526. The van der Waals surface area contributed by atoms with E-state index in [1.54, 1.807) is 43.3 Å². The molecule has 10 heteroatoms. The molecule has 0 fully saturated rings. The molecule has 1 N–H and O–H groups in total. The monoisotopic (exact) mass is 535 g/mol. The minimum absolute atomic E-state index is 0.149. The molecule has 1 aromatic heterocycles. The lowest BCUT2D eigenvalue weighted by atomic mass is 10.2. The van der Waals surface area contributed by atoms with E-state index in [0.717, 1.165) is 15.8 Å². The Kier molecular flexibility index (Phi) is 7.70. The van der Waals surface area contributed by atoms with Gasteiger partial charge in [-0.3, -0.25) is 9.52 Å². The smallest absolute Gasteiger partial charge is 0.338 e. The van der Waals surface area contributed by atoms with Crippen molar-refractivity contribution in [3.8, 4) is 0 Å². The van der Waals surface area contributed by atoms with Crippen molar-refractivity contribution in [2.75, 3.05) is 11.3 Å². The summed E-state index contributed by atoms with van der Waals surface area (Å²) in [6, 6.07) is 17.8. The molecule has 0 aliphatic carbocycles. The van der Waals surface area contributed by atoms with Crippen LogP contribution in [0, 0.1) is 6.92 Å². The number of amides is 1. The van der Waals surface area contributed by atoms with Crippen LogP contribution in [0.15, 0.2) is 89.3 Å². The molecule has 0 aliphatic heterocycles. The van der Waals surface area contributed by atoms with Gasteiger partial charge in [-0.1, -0.05) is 35.1 Å². The van der Waals surface area contributed by atoms with Gasteiger partial charge in [0.1, 0.15) is 0 Å². The fourth-order valence-electron chi connectivity index (χ4n) is 3.57. The maximum atomic E-state index is 12.9. The van der Waals surface area contributed by atoms with Crippen LogP contribution < -0.4 is 9.52 Å². The number of aromatic nitrogens is 1. The maximum absolute atomic E-state index is 12.9.